The number of nitrogens with one attached hydrogen (secondary N) is 1. The van der Waals surface area contributed by atoms with Gasteiger partial charge in [-0.15, -0.1) is 0 Å². The fourth-order valence-corrected chi connectivity index (χ4v) is 6.32. The fraction of sp³-hybridized carbons (Fsp3) is 0.281. The number of sulfonamides is 1. The molecule has 0 aliphatic heterocycles. The highest BCUT2D eigenvalue weighted by Crippen LogP contribution is 2.31. The highest BCUT2D eigenvalue weighted by atomic mass is 32.2. The monoisotopic (exact) mass is 573 g/mol. The van der Waals surface area contributed by atoms with Gasteiger partial charge in [0, 0.05) is 41.6 Å². The second-order valence-electron chi connectivity index (χ2n) is 10.1. The van der Waals surface area contributed by atoms with E-state index in [1.54, 1.807) is 25.2 Å². The molecule has 1 heterocycles. The van der Waals surface area contributed by atoms with E-state index in [1.165, 1.54) is 9.71 Å². The molecular weight excluding hydrogens is 538 g/mol. The van der Waals surface area contributed by atoms with Crippen LogP contribution in [0.1, 0.15) is 29.5 Å². The summed E-state index contributed by atoms with van der Waals surface area (Å²) in [5.74, 6) is 0.926. The maximum atomic E-state index is 13.8. The maximum Gasteiger partial charge on any atom is 0.238 e. The van der Waals surface area contributed by atoms with Gasteiger partial charge in [0.1, 0.15) is 0 Å². The second-order valence-corrected chi connectivity index (χ2v) is 11.9. The van der Waals surface area contributed by atoms with Crippen molar-refractivity contribution in [3.8, 4) is 11.5 Å². The lowest BCUT2D eigenvalue weighted by Gasteiger charge is -2.27. The Labute approximate surface area is 241 Å². The first-order valence-corrected chi connectivity index (χ1v) is 15.2. The fourth-order valence-electron chi connectivity index (χ4n) is 4.91. The topological polar surface area (TPSA) is 91.9 Å². The van der Waals surface area contributed by atoms with E-state index >= 15 is 0 Å². The minimum Gasteiger partial charge on any atom is -0.493 e. The number of carbonyl (C=O) groups is 1. The Morgan fingerprint density at radius 2 is 1.71 bits per heavy atom. The number of hydrogen-bond donors (Lipinski definition) is 1. The zero-order valence-electron chi connectivity index (χ0n) is 23.3. The average molecular weight is 574 g/mol. The van der Waals surface area contributed by atoms with Crippen molar-refractivity contribution in [1.29, 1.82) is 0 Å². The van der Waals surface area contributed by atoms with Crippen molar-refractivity contribution < 1.29 is 22.7 Å². The Kier molecular flexibility index (Phi) is 8.75. The van der Waals surface area contributed by atoms with Crippen LogP contribution in [0.3, 0.4) is 0 Å². The van der Waals surface area contributed by atoms with Crippen molar-refractivity contribution in [2.24, 2.45) is 0 Å². The molecule has 4 aromatic rings. The molecule has 41 heavy (non-hydrogen) atoms. The van der Waals surface area contributed by atoms with Crippen LogP contribution in [-0.2, 0) is 27.8 Å². The number of carbonyl (C=O) groups excluding carboxylic acids is 1. The minimum absolute atomic E-state index is 0.166. The highest BCUT2D eigenvalue weighted by molar-refractivity contribution is 7.92. The second kappa shape index (κ2) is 12.6. The predicted molar refractivity (Wildman–Crippen MR) is 161 cm³/mol. The molecule has 0 atom stereocenters. The minimum atomic E-state index is -3.80. The number of rotatable bonds is 13. The summed E-state index contributed by atoms with van der Waals surface area (Å²) in [6.07, 6.45) is 5.66. The summed E-state index contributed by atoms with van der Waals surface area (Å²) in [6, 6.07) is 22.7. The van der Waals surface area contributed by atoms with Gasteiger partial charge in [-0.1, -0.05) is 54.6 Å². The van der Waals surface area contributed by atoms with Crippen LogP contribution in [0.5, 0.6) is 11.5 Å². The number of amides is 1. The molecule has 0 bridgehead atoms. The number of aromatic amines is 1. The summed E-state index contributed by atoms with van der Waals surface area (Å²) < 4.78 is 39.0. The van der Waals surface area contributed by atoms with Crippen LogP contribution >= 0.6 is 0 Å². The Balaban J connectivity index is 1.38. The first-order chi connectivity index (χ1) is 19.9. The number of nitrogens with zero attached hydrogens (tertiary/aromatic N) is 2. The molecule has 0 spiro atoms. The van der Waals surface area contributed by atoms with Crippen LogP contribution in [0.2, 0.25) is 0 Å². The normalized spacial score (nSPS) is 13.6. The van der Waals surface area contributed by atoms with Crippen LogP contribution in [0.15, 0.2) is 84.4 Å². The first kappa shape index (κ1) is 28.4. The molecular formula is C32H35N3O5S. The van der Waals surface area contributed by atoms with Gasteiger partial charge in [0.25, 0.3) is 0 Å². The summed E-state index contributed by atoms with van der Waals surface area (Å²) in [4.78, 5) is 18.9. The van der Waals surface area contributed by atoms with E-state index in [2.05, 4.69) is 11.1 Å². The molecule has 0 unspecified atom stereocenters. The zero-order valence-corrected chi connectivity index (χ0v) is 24.1. The number of fused-ring (bicyclic) bond motifs is 1. The molecule has 1 aromatic heterocycles. The average Bonchev–Trinajstić information content (AvgIpc) is 3.76. The largest absolute Gasteiger partial charge is 0.493 e. The van der Waals surface area contributed by atoms with E-state index < -0.39 is 10.0 Å². The van der Waals surface area contributed by atoms with Crippen LogP contribution in [-0.4, -0.2) is 61.9 Å². The smallest absolute Gasteiger partial charge is 0.238 e. The van der Waals surface area contributed by atoms with Crippen molar-refractivity contribution in [1.82, 2.24) is 14.2 Å². The van der Waals surface area contributed by atoms with Gasteiger partial charge >= 0.3 is 0 Å². The van der Waals surface area contributed by atoms with Crippen molar-refractivity contribution in [3.63, 3.8) is 0 Å². The van der Waals surface area contributed by atoms with E-state index in [0.29, 0.717) is 31.0 Å². The molecule has 0 radical (unpaired) electrons. The van der Waals surface area contributed by atoms with Crippen molar-refractivity contribution in [2.75, 3.05) is 27.3 Å². The molecule has 8 nitrogen and oxygen atoms in total. The SMILES string of the molecule is COc1ccc(CN(CCc2c[nH]c3ccccc23)C(=O)CN(C2CC2)S(=O)(=O)/C=C/c2ccccc2)cc1OC. The third-order valence-electron chi connectivity index (χ3n) is 7.30. The number of benzene rings is 3. The number of aromatic nitrogens is 1. The molecule has 9 heteroatoms. The Hall–Kier alpha value is -4.08. The van der Waals surface area contributed by atoms with Crippen LogP contribution in [0.25, 0.3) is 17.0 Å². The zero-order chi connectivity index (χ0) is 28.8. The number of methoxy groups -OCH3 is 2. The lowest BCUT2D eigenvalue weighted by molar-refractivity contribution is -0.132. The molecule has 1 N–H and O–H groups in total. The summed E-state index contributed by atoms with van der Waals surface area (Å²) in [7, 11) is -0.652. The van der Waals surface area contributed by atoms with E-state index in [9.17, 15) is 13.2 Å². The lowest BCUT2D eigenvalue weighted by atomic mass is 10.1. The molecule has 1 aliphatic rings. The summed E-state index contributed by atoms with van der Waals surface area (Å²) >= 11 is 0. The van der Waals surface area contributed by atoms with Crippen molar-refractivity contribution in [2.45, 2.75) is 31.8 Å². The van der Waals surface area contributed by atoms with Crippen molar-refractivity contribution in [3.05, 3.63) is 101 Å². The first-order valence-electron chi connectivity index (χ1n) is 13.7. The van der Waals surface area contributed by atoms with Crippen LogP contribution < -0.4 is 9.47 Å². The van der Waals surface area contributed by atoms with Gasteiger partial charge in [-0.05, 0) is 60.2 Å². The Morgan fingerprint density at radius 3 is 2.44 bits per heavy atom. The Morgan fingerprint density at radius 1 is 0.976 bits per heavy atom. The molecule has 1 aliphatic carbocycles. The third kappa shape index (κ3) is 6.99. The van der Waals surface area contributed by atoms with Crippen molar-refractivity contribution >= 4 is 32.9 Å². The number of H-pyrrole nitrogens is 1. The number of ether oxygens (including phenoxy) is 2. The molecule has 1 saturated carbocycles. The van der Waals surface area contributed by atoms with Gasteiger partial charge in [0.05, 0.1) is 20.8 Å². The van der Waals surface area contributed by atoms with Crippen LogP contribution in [0, 0.1) is 0 Å². The lowest BCUT2D eigenvalue weighted by Crippen LogP contribution is -2.43. The summed E-state index contributed by atoms with van der Waals surface area (Å²) in [5, 5.41) is 2.32. The van der Waals surface area contributed by atoms with Gasteiger partial charge in [0.15, 0.2) is 11.5 Å². The number of hydrogen-bond acceptors (Lipinski definition) is 5. The molecule has 214 valence electrons. The van der Waals surface area contributed by atoms with Gasteiger partial charge in [-0.25, -0.2) is 8.42 Å². The van der Waals surface area contributed by atoms with Gasteiger partial charge in [0.2, 0.25) is 15.9 Å². The van der Waals surface area contributed by atoms with E-state index in [0.717, 1.165) is 40.4 Å². The van der Waals surface area contributed by atoms with Gasteiger partial charge in [-0.2, -0.15) is 4.31 Å². The quantitative estimate of drug-likeness (QED) is 0.237. The van der Waals surface area contributed by atoms with E-state index in [4.69, 9.17) is 9.47 Å². The molecule has 0 saturated heterocycles. The number of para-hydroxylation sites is 1. The molecule has 5 rings (SSSR count). The Bertz CT molecular complexity index is 1630. The molecule has 1 amide bonds. The molecule has 3 aromatic carbocycles. The van der Waals surface area contributed by atoms with Gasteiger partial charge in [-0.3, -0.25) is 4.79 Å². The third-order valence-corrected chi connectivity index (χ3v) is 8.87. The summed E-state index contributed by atoms with van der Waals surface area (Å²) in [6.45, 7) is 0.515. The highest BCUT2D eigenvalue weighted by Gasteiger charge is 2.38. The van der Waals surface area contributed by atoms with E-state index in [1.807, 2.05) is 72.9 Å². The standard InChI is InChI=1S/C32H35N3O5S/c1-39-30-15-12-25(20-31(30)40-2)22-34(18-16-26-21-33-29-11-7-6-10-28(26)29)32(36)23-35(27-13-14-27)41(37,38)19-17-24-8-4-3-5-9-24/h3-12,15,17,19-21,27,33H,13-14,16,18,22-23H2,1-2H3/b19-17+. The molecule has 1 fully saturated rings. The van der Waals surface area contributed by atoms with Crippen LogP contribution in [0.4, 0.5) is 0 Å². The summed E-state index contributed by atoms with van der Waals surface area (Å²) in [5.41, 5.74) is 3.78. The maximum absolute atomic E-state index is 13.8. The van der Waals surface area contributed by atoms with Gasteiger partial charge < -0.3 is 19.4 Å². The predicted octanol–water partition coefficient (Wildman–Crippen LogP) is 5.22. The van der Waals surface area contributed by atoms with E-state index in [-0.39, 0.29) is 18.5 Å².